The van der Waals surface area contributed by atoms with Crippen LogP contribution in [0.25, 0.3) is 23.3 Å². The van der Waals surface area contributed by atoms with Crippen LogP contribution in [0.2, 0.25) is 0 Å². The van der Waals surface area contributed by atoms with E-state index in [9.17, 15) is 0 Å². The van der Waals surface area contributed by atoms with E-state index in [2.05, 4.69) is 151 Å². The zero-order chi connectivity index (χ0) is 27.4. The van der Waals surface area contributed by atoms with Crippen molar-refractivity contribution in [1.29, 1.82) is 0 Å². The molecule has 0 aliphatic heterocycles. The fourth-order valence-corrected chi connectivity index (χ4v) is 11.1. The Balaban J connectivity index is 0.00000194. The van der Waals surface area contributed by atoms with Gasteiger partial charge in [-0.15, -0.1) is 0 Å². The predicted molar refractivity (Wildman–Crippen MR) is 164 cm³/mol. The first-order chi connectivity index (χ1) is 18.6. The molecular weight excluding hydrogens is 619 g/mol. The fourth-order valence-electron chi connectivity index (χ4n) is 6.00. The van der Waals surface area contributed by atoms with Gasteiger partial charge in [0.2, 0.25) is 0 Å². The Kier molecular flexibility index (Phi) is 9.45. The van der Waals surface area contributed by atoms with Gasteiger partial charge in [0.15, 0.2) is 0 Å². The van der Waals surface area contributed by atoms with E-state index in [0.29, 0.717) is 7.25 Å². The van der Waals surface area contributed by atoms with Crippen LogP contribution in [0, 0.1) is 0 Å². The summed E-state index contributed by atoms with van der Waals surface area (Å²) in [5, 5.41) is 0. The maximum Gasteiger partial charge on any atom is -1.00 e. The van der Waals surface area contributed by atoms with Gasteiger partial charge in [-0.2, -0.15) is 0 Å². The van der Waals surface area contributed by atoms with Crippen molar-refractivity contribution in [2.24, 2.45) is 0 Å². The van der Waals surface area contributed by atoms with Crippen molar-refractivity contribution in [3.63, 3.8) is 0 Å². The number of hydrogen-bond acceptors (Lipinski definition) is 0. The molecule has 2 aliphatic carbocycles. The molecule has 2 unspecified atom stereocenters. The summed E-state index contributed by atoms with van der Waals surface area (Å²) in [6.07, 6.45) is 4.96. The number of hydrogen-bond donors (Lipinski definition) is 0. The topological polar surface area (TPSA) is 0 Å². The maximum absolute atomic E-state index is 2.48. The summed E-state index contributed by atoms with van der Waals surface area (Å²) in [5.74, 6) is 0. The molecule has 4 aromatic rings. The van der Waals surface area contributed by atoms with Crippen LogP contribution in [-0.2, 0) is 34.1 Å². The Labute approximate surface area is 270 Å². The molecule has 0 nitrogen and oxygen atoms in total. The van der Waals surface area contributed by atoms with Gasteiger partial charge in [0, 0.05) is 0 Å². The summed E-state index contributed by atoms with van der Waals surface area (Å²) in [7, 11) is 0. The first kappa shape index (κ1) is 31.8. The van der Waals surface area contributed by atoms with E-state index in [1.54, 1.807) is 0 Å². The molecule has 0 radical (unpaired) electrons. The molecule has 0 fully saturated rings. The molecule has 0 spiro atoms. The Morgan fingerprint density at radius 3 is 1.15 bits per heavy atom. The van der Waals surface area contributed by atoms with E-state index < -0.39 is 23.2 Å². The van der Waals surface area contributed by atoms with Crippen LogP contribution in [0.15, 0.2) is 97.1 Å². The third kappa shape index (κ3) is 6.29. The number of halogens is 2. The van der Waals surface area contributed by atoms with Crippen molar-refractivity contribution in [3.05, 3.63) is 142 Å². The first-order valence-electron chi connectivity index (χ1n) is 14.2. The van der Waals surface area contributed by atoms with Crippen LogP contribution in [0.1, 0.15) is 93.3 Å². The number of benzene rings is 4. The van der Waals surface area contributed by atoms with Gasteiger partial charge in [0.1, 0.15) is 0 Å². The van der Waals surface area contributed by atoms with Crippen LogP contribution < -0.4 is 24.8 Å². The summed E-state index contributed by atoms with van der Waals surface area (Å²) in [5.41, 5.74) is 14.8. The van der Waals surface area contributed by atoms with Crippen molar-refractivity contribution < 1.29 is 48.0 Å². The minimum Gasteiger partial charge on any atom is -1.00 e. The standard InChI is InChI=1S/2C19H19.2ClH.Zr/c2*1-19(2,3)18-10-8-14(9-11-18)17-12-15-6-4-5-7-16(15)13-17;;;/h2*4-13H,1-3H3;2*1H;/q;;;;+2/p-2. The first-order valence-corrected chi connectivity index (χ1v) is 17.0. The summed E-state index contributed by atoms with van der Waals surface area (Å²) < 4.78 is 1.05. The minimum absolute atomic E-state index is 0. The van der Waals surface area contributed by atoms with Gasteiger partial charge >= 0.3 is 248 Å². The van der Waals surface area contributed by atoms with Gasteiger partial charge in [-0.05, 0) is 0 Å². The summed E-state index contributed by atoms with van der Waals surface area (Å²) in [6.45, 7) is 13.8. The zero-order valence-electron chi connectivity index (χ0n) is 24.8. The average Bonchev–Trinajstić information content (AvgIpc) is 3.47. The Morgan fingerprint density at radius 1 is 0.463 bits per heavy atom. The van der Waals surface area contributed by atoms with Crippen molar-refractivity contribution in [2.45, 2.75) is 59.6 Å². The molecule has 0 bridgehead atoms. The Bertz CT molecular complexity index is 1460. The minimum atomic E-state index is -1.03. The second-order valence-electron chi connectivity index (χ2n) is 13.1. The number of allylic oxidation sites excluding steroid dienone is 2. The Morgan fingerprint density at radius 2 is 0.805 bits per heavy atom. The third-order valence-electron chi connectivity index (χ3n) is 8.36. The van der Waals surface area contributed by atoms with Gasteiger partial charge in [0.05, 0.1) is 0 Å². The average molecular weight is 657 g/mol. The van der Waals surface area contributed by atoms with Crippen molar-refractivity contribution in [2.75, 3.05) is 0 Å². The third-order valence-corrected chi connectivity index (χ3v) is 13.1. The molecule has 208 valence electrons. The van der Waals surface area contributed by atoms with Crippen molar-refractivity contribution in [3.8, 4) is 0 Å². The molecule has 0 aromatic heterocycles. The van der Waals surface area contributed by atoms with E-state index in [0.717, 1.165) is 0 Å². The maximum atomic E-state index is 2.48. The second kappa shape index (κ2) is 12.2. The molecule has 6 rings (SSSR count). The smallest absolute Gasteiger partial charge is 1.00 e. The largest absolute Gasteiger partial charge is 1.00 e. The van der Waals surface area contributed by atoms with Crippen molar-refractivity contribution in [1.82, 2.24) is 0 Å². The predicted octanol–water partition coefficient (Wildman–Crippen LogP) is 4.26. The van der Waals surface area contributed by atoms with Gasteiger partial charge in [0.25, 0.3) is 0 Å². The van der Waals surface area contributed by atoms with E-state index in [1.807, 2.05) is 0 Å². The van der Waals surface area contributed by atoms with Crippen LogP contribution in [0.3, 0.4) is 0 Å². The van der Waals surface area contributed by atoms with Gasteiger partial charge in [-0.25, -0.2) is 0 Å². The molecule has 0 amide bonds. The number of fused-ring (bicyclic) bond motifs is 2. The van der Waals surface area contributed by atoms with Gasteiger partial charge < -0.3 is 24.8 Å². The molecule has 0 N–H and O–H groups in total. The van der Waals surface area contributed by atoms with Crippen LogP contribution in [-0.4, -0.2) is 0 Å². The summed E-state index contributed by atoms with van der Waals surface area (Å²) >= 11 is -1.03. The SMILES string of the molecule is CC(C)(C)c1ccc(C2=Cc3ccccc3[CH]2[Zr+2][CH]2C(c3ccc(C(C)(C)C)cc3)=Cc3ccccc32)cc1.[Cl-].[Cl-]. The number of rotatable bonds is 4. The molecule has 0 heterocycles. The second-order valence-corrected chi connectivity index (χ2v) is 16.8. The van der Waals surface area contributed by atoms with E-state index in [-0.39, 0.29) is 35.6 Å². The summed E-state index contributed by atoms with van der Waals surface area (Å²) in [4.78, 5) is 0. The van der Waals surface area contributed by atoms with Crippen molar-refractivity contribution >= 4 is 23.3 Å². The molecule has 4 aromatic carbocycles. The monoisotopic (exact) mass is 654 g/mol. The molecule has 2 atom stereocenters. The molecular formula is C38H38Cl2Zr. The van der Waals surface area contributed by atoms with Crippen LogP contribution in [0.4, 0.5) is 0 Å². The van der Waals surface area contributed by atoms with E-state index in [4.69, 9.17) is 0 Å². The van der Waals surface area contributed by atoms with E-state index >= 15 is 0 Å². The quantitative estimate of drug-likeness (QED) is 0.308. The Hall–Kier alpha value is -2.18. The normalized spacial score (nSPS) is 17.3. The molecule has 3 heteroatoms. The molecule has 2 aliphatic rings. The molecule has 41 heavy (non-hydrogen) atoms. The summed E-state index contributed by atoms with van der Waals surface area (Å²) in [6, 6.07) is 37.1. The van der Waals surface area contributed by atoms with Crippen LogP contribution in [0.5, 0.6) is 0 Å². The molecule has 0 saturated carbocycles. The van der Waals surface area contributed by atoms with Gasteiger partial charge in [-0.1, -0.05) is 0 Å². The fraction of sp³-hybridized carbons (Fsp3) is 0.263. The van der Waals surface area contributed by atoms with Gasteiger partial charge in [-0.3, -0.25) is 0 Å². The van der Waals surface area contributed by atoms with E-state index in [1.165, 1.54) is 55.7 Å². The zero-order valence-corrected chi connectivity index (χ0v) is 28.8. The van der Waals surface area contributed by atoms with Crippen LogP contribution >= 0.6 is 0 Å². The molecule has 0 saturated heterocycles.